The molecule has 6 nitrogen and oxygen atoms in total. The van der Waals surface area contributed by atoms with Crippen LogP contribution in [0.4, 0.5) is 0 Å². The number of ether oxygens (including phenoxy) is 4. The van der Waals surface area contributed by atoms with Gasteiger partial charge in [0.25, 0.3) is 0 Å². The van der Waals surface area contributed by atoms with Crippen LogP contribution in [0, 0.1) is 6.92 Å². The summed E-state index contributed by atoms with van der Waals surface area (Å²) in [4.78, 5) is 24.7. The SMILES string of the molecule is C=CCOC(=O)C(Cc1ccc(OC)c(OC)c1)OC(=O)/C=C/Cc1ccc(C)cc1. The number of esters is 2. The predicted molar refractivity (Wildman–Crippen MR) is 118 cm³/mol. The minimum absolute atomic E-state index is 0.0298. The highest BCUT2D eigenvalue weighted by molar-refractivity contribution is 5.85. The summed E-state index contributed by atoms with van der Waals surface area (Å²) >= 11 is 0. The van der Waals surface area contributed by atoms with Gasteiger partial charge in [-0.05, 0) is 36.6 Å². The number of benzene rings is 2. The highest BCUT2D eigenvalue weighted by atomic mass is 16.6. The molecule has 0 radical (unpaired) electrons. The van der Waals surface area contributed by atoms with Crippen molar-refractivity contribution in [3.63, 3.8) is 0 Å². The van der Waals surface area contributed by atoms with E-state index in [4.69, 9.17) is 18.9 Å². The number of hydrogen-bond acceptors (Lipinski definition) is 6. The van der Waals surface area contributed by atoms with Gasteiger partial charge in [-0.2, -0.15) is 0 Å². The molecule has 31 heavy (non-hydrogen) atoms. The zero-order chi connectivity index (χ0) is 22.6. The van der Waals surface area contributed by atoms with E-state index in [1.807, 2.05) is 31.2 Å². The van der Waals surface area contributed by atoms with E-state index < -0.39 is 18.0 Å². The molecule has 0 saturated carbocycles. The fourth-order valence-corrected chi connectivity index (χ4v) is 2.82. The molecule has 0 N–H and O–H groups in total. The standard InChI is InChI=1S/C25H28O6/c1-5-15-30-25(27)23(17-20-13-14-21(28-3)22(16-20)29-4)31-24(26)8-6-7-19-11-9-18(2)10-12-19/h5-6,8-14,16,23H,1,7,15,17H2,2-4H3/b8-6+. The minimum atomic E-state index is -1.10. The lowest BCUT2D eigenvalue weighted by Gasteiger charge is -2.17. The lowest BCUT2D eigenvalue weighted by atomic mass is 10.1. The second-order valence-electron chi connectivity index (χ2n) is 6.83. The largest absolute Gasteiger partial charge is 0.493 e. The zero-order valence-electron chi connectivity index (χ0n) is 18.1. The monoisotopic (exact) mass is 424 g/mol. The number of rotatable bonds is 11. The molecule has 0 aliphatic rings. The van der Waals surface area contributed by atoms with Crippen LogP contribution in [-0.2, 0) is 31.9 Å². The van der Waals surface area contributed by atoms with Gasteiger partial charge in [0.1, 0.15) is 6.61 Å². The molecule has 0 saturated heterocycles. The second-order valence-corrected chi connectivity index (χ2v) is 6.83. The average molecular weight is 424 g/mol. The van der Waals surface area contributed by atoms with Crippen molar-refractivity contribution in [3.05, 3.63) is 84.0 Å². The van der Waals surface area contributed by atoms with Crippen LogP contribution in [0.1, 0.15) is 16.7 Å². The summed E-state index contributed by atoms with van der Waals surface area (Å²) < 4.78 is 21.0. The summed E-state index contributed by atoms with van der Waals surface area (Å²) in [5.41, 5.74) is 2.97. The molecule has 0 spiro atoms. The molecule has 0 amide bonds. The summed E-state index contributed by atoms with van der Waals surface area (Å²) in [5.74, 6) is -0.182. The zero-order valence-corrected chi connectivity index (χ0v) is 18.1. The van der Waals surface area contributed by atoms with Crippen LogP contribution in [0.5, 0.6) is 11.5 Å². The molecule has 0 heterocycles. The van der Waals surface area contributed by atoms with Gasteiger partial charge in [-0.25, -0.2) is 9.59 Å². The Balaban J connectivity index is 2.07. The van der Waals surface area contributed by atoms with Gasteiger partial charge in [-0.1, -0.05) is 54.6 Å². The normalized spacial score (nSPS) is 11.6. The second kappa shape index (κ2) is 12.2. The number of carbonyl (C=O) groups is 2. The molecule has 164 valence electrons. The van der Waals surface area contributed by atoms with Crippen molar-refractivity contribution in [2.75, 3.05) is 20.8 Å². The molecule has 2 aromatic rings. The lowest BCUT2D eigenvalue weighted by molar-refractivity contribution is -0.164. The van der Waals surface area contributed by atoms with E-state index in [0.717, 1.165) is 11.1 Å². The van der Waals surface area contributed by atoms with Gasteiger partial charge in [0, 0.05) is 12.5 Å². The van der Waals surface area contributed by atoms with E-state index in [1.165, 1.54) is 31.9 Å². The maximum atomic E-state index is 12.4. The van der Waals surface area contributed by atoms with Crippen molar-refractivity contribution in [3.8, 4) is 11.5 Å². The highest BCUT2D eigenvalue weighted by Crippen LogP contribution is 2.28. The first-order chi connectivity index (χ1) is 15.0. The third-order valence-electron chi connectivity index (χ3n) is 4.46. The summed E-state index contributed by atoms with van der Waals surface area (Å²) in [7, 11) is 3.06. The van der Waals surface area contributed by atoms with Crippen molar-refractivity contribution >= 4 is 11.9 Å². The first kappa shape index (κ1) is 23.7. The molecule has 2 aromatic carbocycles. The van der Waals surface area contributed by atoms with E-state index in [0.29, 0.717) is 17.9 Å². The van der Waals surface area contributed by atoms with Crippen molar-refractivity contribution in [2.45, 2.75) is 25.9 Å². The Morgan fingerprint density at radius 1 is 1.00 bits per heavy atom. The summed E-state index contributed by atoms with van der Waals surface area (Å²) in [6, 6.07) is 13.2. The molecule has 2 rings (SSSR count). The van der Waals surface area contributed by atoms with Gasteiger partial charge in [-0.15, -0.1) is 0 Å². The van der Waals surface area contributed by atoms with E-state index in [-0.39, 0.29) is 13.0 Å². The van der Waals surface area contributed by atoms with Crippen molar-refractivity contribution in [1.82, 2.24) is 0 Å². The lowest BCUT2D eigenvalue weighted by Crippen LogP contribution is -2.31. The number of carbonyl (C=O) groups excluding carboxylic acids is 2. The van der Waals surface area contributed by atoms with E-state index in [1.54, 1.807) is 24.3 Å². The van der Waals surface area contributed by atoms with Crippen molar-refractivity contribution in [2.24, 2.45) is 0 Å². The molecule has 0 aliphatic carbocycles. The molecule has 1 unspecified atom stereocenters. The topological polar surface area (TPSA) is 71.1 Å². The smallest absolute Gasteiger partial charge is 0.348 e. The Morgan fingerprint density at radius 2 is 1.68 bits per heavy atom. The minimum Gasteiger partial charge on any atom is -0.493 e. The summed E-state index contributed by atoms with van der Waals surface area (Å²) in [5, 5.41) is 0. The molecule has 0 fully saturated rings. The molecule has 0 bridgehead atoms. The van der Waals surface area contributed by atoms with Crippen LogP contribution in [0.3, 0.4) is 0 Å². The van der Waals surface area contributed by atoms with Crippen molar-refractivity contribution < 1.29 is 28.5 Å². The van der Waals surface area contributed by atoms with Crippen LogP contribution in [-0.4, -0.2) is 38.9 Å². The van der Waals surface area contributed by atoms with E-state index in [9.17, 15) is 9.59 Å². The van der Waals surface area contributed by atoms with Crippen LogP contribution >= 0.6 is 0 Å². The molecular formula is C25H28O6. The molecule has 6 heteroatoms. The number of allylic oxidation sites excluding steroid dienone is 1. The molecule has 1 atom stereocenters. The first-order valence-electron chi connectivity index (χ1n) is 9.88. The Kier molecular flexibility index (Phi) is 9.36. The third kappa shape index (κ3) is 7.66. The van der Waals surface area contributed by atoms with Crippen molar-refractivity contribution in [1.29, 1.82) is 0 Å². The Morgan fingerprint density at radius 3 is 2.32 bits per heavy atom. The Hall–Kier alpha value is -3.54. The van der Waals surface area contributed by atoms with E-state index in [2.05, 4.69) is 6.58 Å². The number of methoxy groups -OCH3 is 2. The van der Waals surface area contributed by atoms with Gasteiger partial charge in [-0.3, -0.25) is 0 Å². The maximum absolute atomic E-state index is 12.4. The van der Waals surface area contributed by atoms with Gasteiger partial charge < -0.3 is 18.9 Å². The predicted octanol–water partition coefficient (Wildman–Crippen LogP) is 3.99. The first-order valence-corrected chi connectivity index (χ1v) is 9.88. The van der Waals surface area contributed by atoms with Crippen LogP contribution in [0.25, 0.3) is 0 Å². The van der Waals surface area contributed by atoms with Gasteiger partial charge in [0.2, 0.25) is 6.10 Å². The van der Waals surface area contributed by atoms with Gasteiger partial charge >= 0.3 is 11.9 Å². The molecular weight excluding hydrogens is 396 g/mol. The van der Waals surface area contributed by atoms with Crippen LogP contribution in [0.2, 0.25) is 0 Å². The van der Waals surface area contributed by atoms with Gasteiger partial charge in [0.15, 0.2) is 11.5 Å². The Labute approximate surface area is 183 Å². The molecule has 0 aromatic heterocycles. The van der Waals surface area contributed by atoms with Crippen LogP contribution in [0.15, 0.2) is 67.3 Å². The van der Waals surface area contributed by atoms with E-state index >= 15 is 0 Å². The quantitative estimate of drug-likeness (QED) is 0.309. The highest BCUT2D eigenvalue weighted by Gasteiger charge is 2.24. The fraction of sp³-hybridized carbons (Fsp3) is 0.280. The number of aryl methyl sites for hydroxylation is 1. The Bertz CT molecular complexity index is 914. The fourth-order valence-electron chi connectivity index (χ4n) is 2.82. The summed E-state index contributed by atoms with van der Waals surface area (Å²) in [6.07, 6.45) is 4.09. The number of hydrogen-bond donors (Lipinski definition) is 0. The average Bonchev–Trinajstić information content (AvgIpc) is 2.78. The molecule has 0 aliphatic heterocycles. The van der Waals surface area contributed by atoms with Crippen LogP contribution < -0.4 is 9.47 Å². The summed E-state index contributed by atoms with van der Waals surface area (Å²) in [6.45, 7) is 5.57. The van der Waals surface area contributed by atoms with Gasteiger partial charge in [0.05, 0.1) is 14.2 Å². The third-order valence-corrected chi connectivity index (χ3v) is 4.46. The maximum Gasteiger partial charge on any atom is 0.348 e.